The van der Waals surface area contributed by atoms with Crippen LogP contribution in [-0.2, 0) is 4.79 Å². The number of quaternary nitrogens is 1. The zero-order chi connectivity index (χ0) is 19.4. The molecule has 1 aliphatic rings. The van der Waals surface area contributed by atoms with Gasteiger partial charge in [0.25, 0.3) is 5.91 Å². The highest BCUT2D eigenvalue weighted by Gasteiger charge is 2.23. The van der Waals surface area contributed by atoms with Crippen LogP contribution in [0.2, 0.25) is 0 Å². The summed E-state index contributed by atoms with van der Waals surface area (Å²) in [5, 5.41) is 4.86. The van der Waals surface area contributed by atoms with Gasteiger partial charge in [0.1, 0.15) is 6.04 Å². The van der Waals surface area contributed by atoms with E-state index in [0.29, 0.717) is 28.7 Å². The summed E-state index contributed by atoms with van der Waals surface area (Å²) in [7, 11) is 0. The van der Waals surface area contributed by atoms with Crippen molar-refractivity contribution >= 4 is 17.4 Å². The third-order valence-corrected chi connectivity index (χ3v) is 4.63. The van der Waals surface area contributed by atoms with Gasteiger partial charge in [0.2, 0.25) is 6.79 Å². The predicted octanol–water partition coefficient (Wildman–Crippen LogP) is 2.52. The van der Waals surface area contributed by atoms with Gasteiger partial charge in [-0.15, -0.1) is 0 Å². The number of hydrogen-bond donors (Lipinski definition) is 2. The summed E-state index contributed by atoms with van der Waals surface area (Å²) in [6, 6.07) is 13.6. The van der Waals surface area contributed by atoms with Crippen LogP contribution in [0.3, 0.4) is 0 Å². The standard InChI is InChI=1S/C21H24N2O4/c1-13(2)21(15-7-5-4-6-8-15)22-11-20(25)23-17-10-19-18(26-12-27-19)9-16(17)14(3)24/h4-10,13,21-22H,11-12H2,1-3H3,(H,23,25)/p+1/t21-/m0/s1. The van der Waals surface area contributed by atoms with Crippen molar-refractivity contribution < 1.29 is 24.4 Å². The number of anilines is 1. The van der Waals surface area contributed by atoms with E-state index in [2.05, 4.69) is 31.3 Å². The summed E-state index contributed by atoms with van der Waals surface area (Å²) < 4.78 is 10.7. The number of nitrogens with two attached hydrogens (primary N) is 1. The van der Waals surface area contributed by atoms with Crippen LogP contribution in [0, 0.1) is 5.92 Å². The molecule has 1 aliphatic heterocycles. The van der Waals surface area contributed by atoms with Crippen molar-refractivity contribution in [2.45, 2.75) is 26.8 Å². The van der Waals surface area contributed by atoms with Crippen molar-refractivity contribution in [3.63, 3.8) is 0 Å². The molecule has 3 rings (SSSR count). The van der Waals surface area contributed by atoms with E-state index < -0.39 is 0 Å². The first-order valence-electron chi connectivity index (χ1n) is 9.08. The smallest absolute Gasteiger partial charge is 0.279 e. The maximum atomic E-state index is 12.5. The van der Waals surface area contributed by atoms with Gasteiger partial charge in [0.15, 0.2) is 23.8 Å². The SMILES string of the molecule is CC(=O)c1cc2c(cc1NC(=O)C[NH2+][C@H](c1ccccc1)C(C)C)OCO2. The molecule has 0 saturated heterocycles. The highest BCUT2D eigenvalue weighted by molar-refractivity contribution is 6.04. The van der Waals surface area contributed by atoms with Gasteiger partial charge in [0.05, 0.1) is 5.69 Å². The van der Waals surface area contributed by atoms with Crippen LogP contribution in [0.4, 0.5) is 5.69 Å². The maximum absolute atomic E-state index is 12.5. The van der Waals surface area contributed by atoms with Crippen LogP contribution in [-0.4, -0.2) is 25.0 Å². The van der Waals surface area contributed by atoms with Crippen molar-refractivity contribution in [3.05, 3.63) is 53.6 Å². The average molecular weight is 369 g/mol. The van der Waals surface area contributed by atoms with E-state index in [-0.39, 0.29) is 31.1 Å². The number of Topliss-reactive ketones (excluding diaryl/α,β-unsaturated/α-hetero) is 1. The second kappa shape index (κ2) is 8.22. The summed E-state index contributed by atoms with van der Waals surface area (Å²) in [5.41, 5.74) is 2.05. The number of nitrogens with one attached hydrogen (secondary N) is 1. The van der Waals surface area contributed by atoms with Crippen LogP contribution in [0.15, 0.2) is 42.5 Å². The van der Waals surface area contributed by atoms with Crippen LogP contribution < -0.4 is 20.1 Å². The van der Waals surface area contributed by atoms with Gasteiger partial charge in [0, 0.05) is 23.1 Å². The molecule has 0 spiro atoms. The van der Waals surface area contributed by atoms with Crippen LogP contribution in [0.25, 0.3) is 0 Å². The Labute approximate surface area is 158 Å². The number of ketones is 1. The Bertz CT molecular complexity index is 834. The Morgan fingerprint density at radius 2 is 1.78 bits per heavy atom. The number of hydrogen-bond acceptors (Lipinski definition) is 4. The second-order valence-corrected chi connectivity index (χ2v) is 6.98. The monoisotopic (exact) mass is 369 g/mol. The lowest BCUT2D eigenvalue weighted by Gasteiger charge is -2.19. The van der Waals surface area contributed by atoms with Gasteiger partial charge in [-0.2, -0.15) is 0 Å². The number of ether oxygens (including phenoxy) is 2. The van der Waals surface area contributed by atoms with Crippen molar-refractivity contribution in [3.8, 4) is 11.5 Å². The number of benzene rings is 2. The summed E-state index contributed by atoms with van der Waals surface area (Å²) in [6.07, 6.45) is 0. The predicted molar refractivity (Wildman–Crippen MR) is 102 cm³/mol. The molecule has 6 heteroatoms. The molecule has 1 atom stereocenters. The molecule has 0 aliphatic carbocycles. The quantitative estimate of drug-likeness (QED) is 0.735. The Balaban J connectivity index is 1.70. The lowest BCUT2D eigenvalue weighted by Crippen LogP contribution is -2.88. The molecule has 0 radical (unpaired) electrons. The molecular weight excluding hydrogens is 344 g/mol. The molecule has 1 heterocycles. The van der Waals surface area contributed by atoms with Gasteiger partial charge in [-0.25, -0.2) is 0 Å². The number of fused-ring (bicyclic) bond motifs is 1. The lowest BCUT2D eigenvalue weighted by atomic mass is 9.96. The molecule has 2 aromatic carbocycles. The Morgan fingerprint density at radius 1 is 1.11 bits per heavy atom. The van der Waals surface area contributed by atoms with Crippen LogP contribution in [0.1, 0.15) is 42.7 Å². The maximum Gasteiger partial charge on any atom is 0.279 e. The number of rotatable bonds is 7. The van der Waals surface area contributed by atoms with E-state index in [4.69, 9.17) is 9.47 Å². The second-order valence-electron chi connectivity index (χ2n) is 6.98. The van der Waals surface area contributed by atoms with E-state index in [9.17, 15) is 9.59 Å². The Hall–Kier alpha value is -2.86. The summed E-state index contributed by atoms with van der Waals surface area (Å²) >= 11 is 0. The fourth-order valence-corrected chi connectivity index (χ4v) is 3.24. The fourth-order valence-electron chi connectivity index (χ4n) is 3.24. The minimum Gasteiger partial charge on any atom is -0.454 e. The van der Waals surface area contributed by atoms with Crippen molar-refractivity contribution in [2.24, 2.45) is 5.92 Å². The van der Waals surface area contributed by atoms with E-state index in [1.165, 1.54) is 12.5 Å². The van der Waals surface area contributed by atoms with Crippen molar-refractivity contribution in [2.75, 3.05) is 18.7 Å². The largest absolute Gasteiger partial charge is 0.454 e. The van der Waals surface area contributed by atoms with Crippen LogP contribution >= 0.6 is 0 Å². The van der Waals surface area contributed by atoms with E-state index in [1.807, 2.05) is 23.5 Å². The molecule has 142 valence electrons. The highest BCUT2D eigenvalue weighted by atomic mass is 16.7. The van der Waals surface area contributed by atoms with Gasteiger partial charge < -0.3 is 20.1 Å². The summed E-state index contributed by atoms with van der Waals surface area (Å²) in [5.74, 6) is 1.12. The average Bonchev–Trinajstić information content (AvgIpc) is 3.09. The lowest BCUT2D eigenvalue weighted by molar-refractivity contribution is -0.692. The first-order chi connectivity index (χ1) is 13.0. The van der Waals surface area contributed by atoms with Crippen molar-refractivity contribution in [1.29, 1.82) is 0 Å². The van der Waals surface area contributed by atoms with Gasteiger partial charge in [-0.1, -0.05) is 44.2 Å². The minimum atomic E-state index is -0.169. The molecule has 1 amide bonds. The van der Waals surface area contributed by atoms with E-state index in [0.717, 1.165) is 0 Å². The molecule has 2 aromatic rings. The number of carbonyl (C=O) groups excluding carboxylic acids is 2. The van der Waals surface area contributed by atoms with E-state index in [1.54, 1.807) is 12.1 Å². The molecule has 0 saturated carbocycles. The molecule has 0 aromatic heterocycles. The normalized spacial score (nSPS) is 13.5. The first kappa shape index (κ1) is 18.9. The summed E-state index contributed by atoms with van der Waals surface area (Å²) in [4.78, 5) is 24.5. The van der Waals surface area contributed by atoms with Gasteiger partial charge in [-0.05, 0) is 13.0 Å². The highest BCUT2D eigenvalue weighted by Crippen LogP contribution is 2.37. The first-order valence-corrected chi connectivity index (χ1v) is 9.08. The number of amides is 1. The third kappa shape index (κ3) is 4.46. The molecule has 27 heavy (non-hydrogen) atoms. The zero-order valence-corrected chi connectivity index (χ0v) is 15.8. The molecule has 3 N–H and O–H groups in total. The zero-order valence-electron chi connectivity index (χ0n) is 15.8. The Kier molecular flexibility index (Phi) is 5.76. The van der Waals surface area contributed by atoms with Crippen LogP contribution in [0.5, 0.6) is 11.5 Å². The van der Waals surface area contributed by atoms with E-state index >= 15 is 0 Å². The molecular formula is C21H25N2O4+. The van der Waals surface area contributed by atoms with Gasteiger partial charge in [-0.3, -0.25) is 9.59 Å². The number of carbonyl (C=O) groups is 2. The molecule has 6 nitrogen and oxygen atoms in total. The van der Waals surface area contributed by atoms with Gasteiger partial charge >= 0.3 is 0 Å². The minimum absolute atomic E-state index is 0.116. The fraction of sp³-hybridized carbons (Fsp3) is 0.333. The topological polar surface area (TPSA) is 81.2 Å². The molecule has 0 fully saturated rings. The Morgan fingerprint density at radius 3 is 2.41 bits per heavy atom. The summed E-state index contributed by atoms with van der Waals surface area (Å²) in [6.45, 7) is 6.10. The van der Waals surface area contributed by atoms with Crippen molar-refractivity contribution in [1.82, 2.24) is 0 Å². The molecule has 0 bridgehead atoms. The molecule has 0 unspecified atom stereocenters. The third-order valence-electron chi connectivity index (χ3n) is 4.63.